The third kappa shape index (κ3) is 3.84. The first-order valence-corrected chi connectivity index (χ1v) is 7.73. The van der Waals surface area contributed by atoms with Crippen LogP contribution in [0.2, 0.25) is 0 Å². The first-order valence-electron chi connectivity index (χ1n) is 6.93. The molecule has 0 aliphatic carbocycles. The highest BCUT2D eigenvalue weighted by molar-refractivity contribution is 9.10. The molecule has 3 N–H and O–H groups in total. The fraction of sp³-hybridized carbons (Fsp3) is 0.200. The van der Waals surface area contributed by atoms with Gasteiger partial charge in [-0.1, -0.05) is 6.07 Å². The SMILES string of the molecule is O=C(Cc1ccc2c(c1)OCCO2)NNC(=O)c1cc(Br)c[nH]1. The van der Waals surface area contributed by atoms with Crippen LogP contribution in [0.1, 0.15) is 16.1 Å². The fourth-order valence-electron chi connectivity index (χ4n) is 2.12. The van der Waals surface area contributed by atoms with E-state index < -0.39 is 5.91 Å². The number of carbonyl (C=O) groups is 2. The van der Waals surface area contributed by atoms with Gasteiger partial charge in [-0.3, -0.25) is 20.4 Å². The van der Waals surface area contributed by atoms with Gasteiger partial charge in [-0.2, -0.15) is 0 Å². The molecule has 23 heavy (non-hydrogen) atoms. The molecule has 1 aromatic carbocycles. The minimum absolute atomic E-state index is 0.116. The molecule has 1 aliphatic heterocycles. The summed E-state index contributed by atoms with van der Waals surface area (Å²) in [4.78, 5) is 26.5. The van der Waals surface area contributed by atoms with Crippen LogP contribution in [-0.2, 0) is 11.2 Å². The number of hydrogen-bond donors (Lipinski definition) is 3. The largest absolute Gasteiger partial charge is 0.486 e. The molecule has 0 fully saturated rings. The van der Waals surface area contributed by atoms with E-state index in [1.54, 1.807) is 30.5 Å². The Labute approximate surface area is 140 Å². The summed E-state index contributed by atoms with van der Waals surface area (Å²) in [6.07, 6.45) is 1.75. The highest BCUT2D eigenvalue weighted by Gasteiger charge is 2.14. The second-order valence-electron chi connectivity index (χ2n) is 4.89. The lowest BCUT2D eigenvalue weighted by Crippen LogP contribution is -2.42. The average molecular weight is 380 g/mol. The van der Waals surface area contributed by atoms with Crippen molar-refractivity contribution in [2.24, 2.45) is 0 Å². The van der Waals surface area contributed by atoms with Gasteiger partial charge >= 0.3 is 0 Å². The monoisotopic (exact) mass is 379 g/mol. The normalized spacial score (nSPS) is 12.6. The lowest BCUT2D eigenvalue weighted by molar-refractivity contribution is -0.121. The van der Waals surface area contributed by atoms with Crippen molar-refractivity contribution in [1.82, 2.24) is 15.8 Å². The molecule has 0 spiro atoms. The molecule has 2 heterocycles. The van der Waals surface area contributed by atoms with E-state index in [1.165, 1.54) is 0 Å². The third-order valence-corrected chi connectivity index (χ3v) is 3.64. The molecule has 2 amide bonds. The van der Waals surface area contributed by atoms with E-state index in [9.17, 15) is 9.59 Å². The molecule has 120 valence electrons. The van der Waals surface area contributed by atoms with Crippen LogP contribution in [0.4, 0.5) is 0 Å². The summed E-state index contributed by atoms with van der Waals surface area (Å²) in [5.74, 6) is 0.541. The van der Waals surface area contributed by atoms with Crippen molar-refractivity contribution >= 4 is 27.7 Å². The van der Waals surface area contributed by atoms with E-state index in [4.69, 9.17) is 9.47 Å². The Kier molecular flexibility index (Phi) is 4.52. The summed E-state index contributed by atoms with van der Waals surface area (Å²) in [5.41, 5.74) is 5.83. The highest BCUT2D eigenvalue weighted by Crippen LogP contribution is 2.30. The van der Waals surface area contributed by atoms with Crippen LogP contribution < -0.4 is 20.3 Å². The molecule has 8 heteroatoms. The predicted octanol–water partition coefficient (Wildman–Crippen LogP) is 1.55. The summed E-state index contributed by atoms with van der Waals surface area (Å²) in [6, 6.07) is 6.93. The summed E-state index contributed by atoms with van der Waals surface area (Å²) in [5, 5.41) is 0. The van der Waals surface area contributed by atoms with E-state index in [0.29, 0.717) is 30.4 Å². The molecule has 7 nitrogen and oxygen atoms in total. The zero-order chi connectivity index (χ0) is 16.2. The van der Waals surface area contributed by atoms with Gasteiger partial charge in [0.25, 0.3) is 5.91 Å². The van der Waals surface area contributed by atoms with Crippen LogP contribution in [0, 0.1) is 0 Å². The standard InChI is InChI=1S/C15H14BrN3O4/c16-10-7-11(17-8-10)15(21)19-18-14(20)6-9-1-2-12-13(5-9)23-4-3-22-12/h1-2,5,7-8,17H,3-4,6H2,(H,18,20)(H,19,21). The minimum Gasteiger partial charge on any atom is -0.486 e. The average Bonchev–Trinajstić information content (AvgIpc) is 2.99. The van der Waals surface area contributed by atoms with Crippen LogP contribution in [0.25, 0.3) is 0 Å². The van der Waals surface area contributed by atoms with E-state index >= 15 is 0 Å². The number of H-pyrrole nitrogens is 1. The molecule has 0 atom stereocenters. The van der Waals surface area contributed by atoms with Gasteiger partial charge in [0.05, 0.1) is 6.42 Å². The Morgan fingerprint density at radius 1 is 1.13 bits per heavy atom. The van der Waals surface area contributed by atoms with Gasteiger partial charge in [0.2, 0.25) is 5.91 Å². The minimum atomic E-state index is -0.425. The first-order chi connectivity index (χ1) is 11.1. The second kappa shape index (κ2) is 6.74. The number of rotatable bonds is 3. The van der Waals surface area contributed by atoms with Gasteiger partial charge in [-0.05, 0) is 39.7 Å². The van der Waals surface area contributed by atoms with Gasteiger partial charge < -0.3 is 14.5 Å². The number of fused-ring (bicyclic) bond motifs is 1. The third-order valence-electron chi connectivity index (χ3n) is 3.18. The molecular formula is C15H14BrN3O4. The van der Waals surface area contributed by atoms with Gasteiger partial charge in [-0.15, -0.1) is 0 Å². The quantitative estimate of drug-likeness (QED) is 0.705. The van der Waals surface area contributed by atoms with Crippen LogP contribution >= 0.6 is 15.9 Å². The Morgan fingerprint density at radius 3 is 2.65 bits per heavy atom. The van der Waals surface area contributed by atoms with Crippen molar-refractivity contribution in [3.05, 3.63) is 46.2 Å². The van der Waals surface area contributed by atoms with E-state index in [-0.39, 0.29) is 12.3 Å². The number of ether oxygens (including phenoxy) is 2. The Hall–Kier alpha value is -2.48. The molecule has 0 saturated carbocycles. The Morgan fingerprint density at radius 2 is 1.91 bits per heavy atom. The van der Waals surface area contributed by atoms with Gasteiger partial charge in [-0.25, -0.2) is 0 Å². The van der Waals surface area contributed by atoms with Crippen LogP contribution in [0.3, 0.4) is 0 Å². The van der Waals surface area contributed by atoms with Crippen molar-refractivity contribution in [3.63, 3.8) is 0 Å². The molecule has 0 unspecified atom stereocenters. The van der Waals surface area contributed by atoms with Crippen molar-refractivity contribution in [2.45, 2.75) is 6.42 Å². The Bertz CT molecular complexity index is 744. The van der Waals surface area contributed by atoms with Crippen molar-refractivity contribution < 1.29 is 19.1 Å². The lowest BCUT2D eigenvalue weighted by atomic mass is 10.1. The number of aromatic amines is 1. The van der Waals surface area contributed by atoms with E-state index in [2.05, 4.69) is 31.8 Å². The molecular weight excluding hydrogens is 366 g/mol. The van der Waals surface area contributed by atoms with Gasteiger partial charge in [0.15, 0.2) is 11.5 Å². The van der Waals surface area contributed by atoms with Crippen molar-refractivity contribution in [3.8, 4) is 11.5 Å². The number of aromatic nitrogens is 1. The van der Waals surface area contributed by atoms with Crippen LogP contribution in [0.5, 0.6) is 11.5 Å². The maximum absolute atomic E-state index is 11.9. The maximum atomic E-state index is 11.9. The smallest absolute Gasteiger partial charge is 0.286 e. The molecule has 2 aromatic rings. The topological polar surface area (TPSA) is 92.4 Å². The predicted molar refractivity (Wildman–Crippen MR) is 85.2 cm³/mol. The summed E-state index contributed by atoms with van der Waals surface area (Å²) in [6.45, 7) is 1.01. The van der Waals surface area contributed by atoms with Crippen LogP contribution in [-0.4, -0.2) is 30.0 Å². The zero-order valence-electron chi connectivity index (χ0n) is 12.0. The maximum Gasteiger partial charge on any atom is 0.286 e. The number of hydrogen-bond acceptors (Lipinski definition) is 4. The molecule has 0 saturated heterocycles. The van der Waals surface area contributed by atoms with E-state index in [1.807, 2.05) is 0 Å². The summed E-state index contributed by atoms with van der Waals surface area (Å²) in [7, 11) is 0. The second-order valence-corrected chi connectivity index (χ2v) is 5.80. The summed E-state index contributed by atoms with van der Waals surface area (Å²) >= 11 is 3.23. The number of amides is 2. The Balaban J connectivity index is 1.54. The highest BCUT2D eigenvalue weighted by atomic mass is 79.9. The fourth-order valence-corrected chi connectivity index (χ4v) is 2.46. The molecule has 1 aromatic heterocycles. The van der Waals surface area contributed by atoms with Crippen molar-refractivity contribution in [1.29, 1.82) is 0 Å². The van der Waals surface area contributed by atoms with Gasteiger partial charge in [0, 0.05) is 10.7 Å². The molecule has 1 aliphatic rings. The number of benzene rings is 1. The zero-order valence-corrected chi connectivity index (χ0v) is 13.6. The van der Waals surface area contributed by atoms with E-state index in [0.717, 1.165) is 10.0 Å². The number of halogens is 1. The molecule has 0 bridgehead atoms. The first kappa shape index (κ1) is 15.4. The van der Waals surface area contributed by atoms with Crippen molar-refractivity contribution in [2.75, 3.05) is 13.2 Å². The lowest BCUT2D eigenvalue weighted by Gasteiger charge is -2.18. The summed E-state index contributed by atoms with van der Waals surface area (Å²) < 4.78 is 11.6. The molecule has 0 radical (unpaired) electrons. The number of nitrogens with one attached hydrogen (secondary N) is 3. The van der Waals surface area contributed by atoms with Gasteiger partial charge in [0.1, 0.15) is 18.9 Å². The molecule has 3 rings (SSSR count). The number of carbonyl (C=O) groups excluding carboxylic acids is 2. The number of hydrazine groups is 1. The van der Waals surface area contributed by atoms with Crippen LogP contribution in [0.15, 0.2) is 34.9 Å².